The first-order chi connectivity index (χ1) is 17.3. The molecule has 0 spiro atoms. The maximum atomic E-state index is 11.8. The minimum atomic E-state index is -0.614. The Morgan fingerprint density at radius 2 is 1.92 bits per heavy atom. The number of aliphatic hydroxyl groups is 2. The maximum Gasteiger partial charge on any atom is 0.308 e. The molecule has 4 rings (SSSR count). The molecule has 2 aliphatic carbocycles. The summed E-state index contributed by atoms with van der Waals surface area (Å²) in [4.78, 5) is 11.8. The molecular weight excluding hydrogens is 456 g/mol. The predicted octanol–water partition coefficient (Wildman–Crippen LogP) is 4.99. The van der Waals surface area contributed by atoms with Gasteiger partial charge in [-0.2, -0.15) is 0 Å². The second kappa shape index (κ2) is 11.9. The van der Waals surface area contributed by atoms with Gasteiger partial charge in [-0.1, -0.05) is 56.7 Å². The summed E-state index contributed by atoms with van der Waals surface area (Å²) in [6.07, 6.45) is 9.35. The number of carbonyl (C=O) groups excluding carboxylic acids is 1. The van der Waals surface area contributed by atoms with Gasteiger partial charge in [0, 0.05) is 18.8 Å². The third-order valence-electron chi connectivity index (χ3n) is 7.92. The van der Waals surface area contributed by atoms with Crippen molar-refractivity contribution in [3.05, 3.63) is 54.1 Å². The number of benzene rings is 1. The molecule has 8 atom stereocenters. The Kier molecular flexibility index (Phi) is 8.91. The van der Waals surface area contributed by atoms with E-state index in [1.807, 2.05) is 36.4 Å². The number of hydrogen-bond acceptors (Lipinski definition) is 6. The standard InChI is InChI=1S/C30H42O6/c1-4-14-30(3,36-24-8-6-5-7-9-24)19-34-27-17-22(31)15-21-11-10-20(2)26(29(21)27)13-12-25-16-23(32)18-28(33)35-25/h5-11,15,20,22-23,25-27,29,31-32H,4,12-14,16-19H2,1-3H3/t20?,22?,23-,25-,26?,27?,29?,30+/m1/s1. The first-order valence-electron chi connectivity index (χ1n) is 13.6. The van der Waals surface area contributed by atoms with Gasteiger partial charge in [0.25, 0.3) is 0 Å². The average Bonchev–Trinajstić information content (AvgIpc) is 2.82. The number of fused-ring (bicyclic) bond motifs is 1. The summed E-state index contributed by atoms with van der Waals surface area (Å²) in [7, 11) is 0. The number of para-hydroxylation sites is 1. The Bertz CT molecular complexity index is 927. The molecule has 0 aromatic heterocycles. The van der Waals surface area contributed by atoms with Crippen molar-refractivity contribution >= 4 is 5.97 Å². The van der Waals surface area contributed by atoms with Crippen molar-refractivity contribution in [2.45, 2.75) is 95.7 Å². The largest absolute Gasteiger partial charge is 0.485 e. The van der Waals surface area contributed by atoms with E-state index in [2.05, 4.69) is 32.9 Å². The van der Waals surface area contributed by atoms with Gasteiger partial charge < -0.3 is 24.4 Å². The molecule has 6 heteroatoms. The second-order valence-electron chi connectivity index (χ2n) is 11.1. The fourth-order valence-electron chi connectivity index (χ4n) is 6.19. The van der Waals surface area contributed by atoms with Gasteiger partial charge in [0.2, 0.25) is 0 Å². The molecule has 0 radical (unpaired) electrons. The first-order valence-corrected chi connectivity index (χ1v) is 13.6. The summed E-state index contributed by atoms with van der Waals surface area (Å²) >= 11 is 0. The molecule has 36 heavy (non-hydrogen) atoms. The van der Waals surface area contributed by atoms with Gasteiger partial charge in [0.15, 0.2) is 0 Å². The first kappa shape index (κ1) is 26.9. The van der Waals surface area contributed by atoms with Crippen LogP contribution in [0, 0.1) is 17.8 Å². The topological polar surface area (TPSA) is 85.2 Å². The van der Waals surface area contributed by atoms with Gasteiger partial charge in [-0.3, -0.25) is 4.79 Å². The number of cyclic esters (lactones) is 1. The zero-order chi connectivity index (χ0) is 25.7. The fraction of sp³-hybridized carbons (Fsp3) is 0.633. The summed E-state index contributed by atoms with van der Waals surface area (Å²) < 4.78 is 18.6. The van der Waals surface area contributed by atoms with Crippen LogP contribution in [0.15, 0.2) is 54.1 Å². The Balaban J connectivity index is 1.47. The molecule has 1 heterocycles. The molecule has 5 unspecified atom stereocenters. The van der Waals surface area contributed by atoms with E-state index in [4.69, 9.17) is 14.2 Å². The van der Waals surface area contributed by atoms with Crippen LogP contribution in [0.4, 0.5) is 0 Å². The highest BCUT2D eigenvalue weighted by atomic mass is 16.6. The molecule has 1 fully saturated rings. The number of aliphatic hydroxyl groups excluding tert-OH is 2. The van der Waals surface area contributed by atoms with Crippen molar-refractivity contribution < 1.29 is 29.2 Å². The van der Waals surface area contributed by atoms with Gasteiger partial charge in [-0.05, 0) is 55.7 Å². The van der Waals surface area contributed by atoms with Crippen LogP contribution in [0.5, 0.6) is 5.75 Å². The van der Waals surface area contributed by atoms with Crippen LogP contribution in [0.2, 0.25) is 0 Å². The van der Waals surface area contributed by atoms with Crippen molar-refractivity contribution in [1.82, 2.24) is 0 Å². The van der Waals surface area contributed by atoms with Crippen molar-refractivity contribution in [3.63, 3.8) is 0 Å². The lowest BCUT2D eigenvalue weighted by Gasteiger charge is -2.44. The van der Waals surface area contributed by atoms with Gasteiger partial charge in [-0.25, -0.2) is 0 Å². The molecule has 1 saturated heterocycles. The van der Waals surface area contributed by atoms with Crippen LogP contribution in [0.25, 0.3) is 0 Å². The lowest BCUT2D eigenvalue weighted by atomic mass is 9.66. The summed E-state index contributed by atoms with van der Waals surface area (Å²) in [6.45, 7) is 6.91. The van der Waals surface area contributed by atoms with E-state index in [0.29, 0.717) is 31.3 Å². The summed E-state index contributed by atoms with van der Waals surface area (Å²) in [5.74, 6) is 1.30. The maximum absolute atomic E-state index is 11.8. The van der Waals surface area contributed by atoms with E-state index < -0.39 is 17.8 Å². The third kappa shape index (κ3) is 6.78. The van der Waals surface area contributed by atoms with Gasteiger partial charge in [0.05, 0.1) is 31.3 Å². The van der Waals surface area contributed by atoms with E-state index in [1.54, 1.807) is 0 Å². The second-order valence-corrected chi connectivity index (χ2v) is 11.1. The molecule has 0 amide bonds. The van der Waals surface area contributed by atoms with E-state index in [1.165, 1.54) is 0 Å². The number of esters is 1. The van der Waals surface area contributed by atoms with E-state index in [9.17, 15) is 15.0 Å². The minimum absolute atomic E-state index is 0.0873. The average molecular weight is 499 g/mol. The van der Waals surface area contributed by atoms with E-state index >= 15 is 0 Å². The lowest BCUT2D eigenvalue weighted by Crippen LogP contribution is -2.45. The van der Waals surface area contributed by atoms with Crippen molar-refractivity contribution in [2.24, 2.45) is 17.8 Å². The predicted molar refractivity (Wildman–Crippen MR) is 138 cm³/mol. The molecule has 2 N–H and O–H groups in total. The number of rotatable bonds is 10. The van der Waals surface area contributed by atoms with Crippen molar-refractivity contribution in [2.75, 3.05) is 6.61 Å². The highest BCUT2D eigenvalue weighted by molar-refractivity contribution is 5.70. The minimum Gasteiger partial charge on any atom is -0.485 e. The monoisotopic (exact) mass is 498 g/mol. The third-order valence-corrected chi connectivity index (χ3v) is 7.92. The van der Waals surface area contributed by atoms with Crippen LogP contribution in [0.1, 0.15) is 65.7 Å². The molecule has 1 aromatic carbocycles. The van der Waals surface area contributed by atoms with E-state index in [-0.39, 0.29) is 30.5 Å². The Morgan fingerprint density at radius 3 is 2.64 bits per heavy atom. The lowest BCUT2D eigenvalue weighted by molar-refractivity contribution is -0.160. The molecular formula is C30H42O6. The quantitative estimate of drug-likeness (QED) is 0.442. The van der Waals surface area contributed by atoms with E-state index in [0.717, 1.165) is 37.0 Å². The Morgan fingerprint density at radius 1 is 1.14 bits per heavy atom. The summed E-state index contributed by atoms with van der Waals surface area (Å²) in [5, 5.41) is 20.6. The molecule has 6 nitrogen and oxygen atoms in total. The molecule has 0 bridgehead atoms. The molecule has 3 aliphatic rings. The highest BCUT2D eigenvalue weighted by Gasteiger charge is 2.42. The smallest absolute Gasteiger partial charge is 0.308 e. The van der Waals surface area contributed by atoms with Crippen LogP contribution in [0.3, 0.4) is 0 Å². The Labute approximate surface area is 215 Å². The number of allylic oxidation sites excluding steroid dienone is 2. The zero-order valence-electron chi connectivity index (χ0n) is 21.8. The van der Waals surface area contributed by atoms with Crippen LogP contribution >= 0.6 is 0 Å². The molecule has 1 aromatic rings. The van der Waals surface area contributed by atoms with Crippen molar-refractivity contribution in [3.8, 4) is 5.75 Å². The summed E-state index contributed by atoms with van der Waals surface area (Å²) in [6, 6.07) is 9.86. The Hall–Kier alpha value is -2.15. The van der Waals surface area contributed by atoms with Gasteiger partial charge in [0.1, 0.15) is 17.5 Å². The number of hydrogen-bond donors (Lipinski definition) is 2. The van der Waals surface area contributed by atoms with Crippen molar-refractivity contribution in [1.29, 1.82) is 0 Å². The molecule has 198 valence electrons. The van der Waals surface area contributed by atoms with Gasteiger partial charge in [-0.15, -0.1) is 0 Å². The fourth-order valence-corrected chi connectivity index (χ4v) is 6.19. The zero-order valence-corrected chi connectivity index (χ0v) is 21.8. The normalized spacial score (nSPS) is 33.8. The van der Waals surface area contributed by atoms with Gasteiger partial charge >= 0.3 is 5.97 Å². The summed E-state index contributed by atoms with van der Waals surface area (Å²) in [5.41, 5.74) is 0.657. The molecule has 1 aliphatic heterocycles. The highest BCUT2D eigenvalue weighted by Crippen LogP contribution is 2.44. The number of carbonyl (C=O) groups is 1. The molecule has 0 saturated carbocycles. The number of ether oxygens (including phenoxy) is 3. The van der Waals surface area contributed by atoms with Crippen LogP contribution in [-0.2, 0) is 14.3 Å². The SMILES string of the molecule is CCC[C@@](C)(COC1CC(O)C=C2C=CC(C)C(CC[C@@H]3C[C@@H](O)CC(=O)O3)C21)Oc1ccccc1. The van der Waals surface area contributed by atoms with Crippen LogP contribution < -0.4 is 4.74 Å². The van der Waals surface area contributed by atoms with Crippen LogP contribution in [-0.4, -0.2) is 52.8 Å².